The number of hydrogen-bond acceptors (Lipinski definition) is 4. The Labute approximate surface area is 188 Å². The molecule has 0 spiro atoms. The van der Waals surface area contributed by atoms with E-state index in [2.05, 4.69) is 32.2 Å². The minimum atomic E-state index is 0.187. The summed E-state index contributed by atoms with van der Waals surface area (Å²) in [6.07, 6.45) is 6.56. The molecule has 2 heterocycles. The number of nitrogens with one attached hydrogen (secondary N) is 1. The van der Waals surface area contributed by atoms with Gasteiger partial charge in [0, 0.05) is 22.6 Å². The van der Waals surface area contributed by atoms with E-state index in [0.717, 1.165) is 66.3 Å². The molecule has 0 aliphatic heterocycles. The van der Waals surface area contributed by atoms with E-state index in [1.807, 2.05) is 12.1 Å². The maximum Gasteiger partial charge on any atom is 0.148 e. The molecule has 2 aromatic heterocycles. The molecular weight excluding hydrogens is 417 g/mol. The van der Waals surface area contributed by atoms with Crippen LogP contribution in [-0.4, -0.2) is 9.97 Å². The summed E-state index contributed by atoms with van der Waals surface area (Å²) in [7, 11) is 0. The van der Waals surface area contributed by atoms with E-state index < -0.39 is 0 Å². The average Bonchev–Trinajstić information content (AvgIpc) is 3.23. The first-order chi connectivity index (χ1) is 14.5. The molecule has 6 heteroatoms. The standard InChI is InChI=1S/C24H27Cl2N3O/c1-4-14-7-10-21-17(11-12-30-21)22(14)29-24-20(6-3)27-23(19(5-2)28-24)16-9-8-15(25)13-18(16)26/h8-9,11-14,22H,4-7,10H2,1-3H3,(H,28,29)/t14-,22+/m0/s1. The zero-order chi connectivity index (χ0) is 21.3. The zero-order valence-corrected chi connectivity index (χ0v) is 19.1. The van der Waals surface area contributed by atoms with E-state index in [1.54, 1.807) is 12.3 Å². The summed E-state index contributed by atoms with van der Waals surface area (Å²) < 4.78 is 5.72. The highest BCUT2D eigenvalue weighted by Crippen LogP contribution is 2.40. The number of halogens is 2. The van der Waals surface area contributed by atoms with Crippen molar-refractivity contribution >= 4 is 29.0 Å². The van der Waals surface area contributed by atoms with Gasteiger partial charge < -0.3 is 9.73 Å². The third kappa shape index (κ3) is 3.95. The summed E-state index contributed by atoms with van der Waals surface area (Å²) in [6, 6.07) is 7.80. The van der Waals surface area contributed by atoms with Crippen LogP contribution in [0.2, 0.25) is 10.0 Å². The summed E-state index contributed by atoms with van der Waals surface area (Å²) in [5.74, 6) is 2.49. The van der Waals surface area contributed by atoms with Crippen molar-refractivity contribution in [2.75, 3.05) is 5.32 Å². The smallest absolute Gasteiger partial charge is 0.148 e. The van der Waals surface area contributed by atoms with Gasteiger partial charge in [-0.3, -0.25) is 0 Å². The topological polar surface area (TPSA) is 51.0 Å². The fourth-order valence-corrected chi connectivity index (χ4v) is 4.86. The van der Waals surface area contributed by atoms with Gasteiger partial charge in [0.15, 0.2) is 0 Å². The van der Waals surface area contributed by atoms with Crippen LogP contribution in [0.25, 0.3) is 11.3 Å². The summed E-state index contributed by atoms with van der Waals surface area (Å²) in [6.45, 7) is 6.45. The molecule has 158 valence electrons. The van der Waals surface area contributed by atoms with Gasteiger partial charge in [0.1, 0.15) is 11.6 Å². The average molecular weight is 444 g/mol. The molecule has 1 aliphatic carbocycles. The van der Waals surface area contributed by atoms with Crippen LogP contribution in [0.1, 0.15) is 62.4 Å². The minimum absolute atomic E-state index is 0.187. The van der Waals surface area contributed by atoms with E-state index in [1.165, 1.54) is 5.56 Å². The van der Waals surface area contributed by atoms with Gasteiger partial charge in [-0.2, -0.15) is 0 Å². The van der Waals surface area contributed by atoms with E-state index in [-0.39, 0.29) is 6.04 Å². The highest BCUT2D eigenvalue weighted by molar-refractivity contribution is 6.36. The molecule has 0 saturated heterocycles. The molecule has 0 radical (unpaired) electrons. The lowest BCUT2D eigenvalue weighted by molar-refractivity contribution is 0.354. The molecule has 0 bridgehead atoms. The van der Waals surface area contributed by atoms with Gasteiger partial charge in [-0.05, 0) is 49.4 Å². The Balaban J connectivity index is 1.76. The van der Waals surface area contributed by atoms with Crippen molar-refractivity contribution in [2.45, 2.75) is 58.9 Å². The highest BCUT2D eigenvalue weighted by atomic mass is 35.5. The van der Waals surface area contributed by atoms with E-state index in [0.29, 0.717) is 16.0 Å². The molecule has 0 fully saturated rings. The van der Waals surface area contributed by atoms with Gasteiger partial charge in [0.2, 0.25) is 0 Å². The van der Waals surface area contributed by atoms with Gasteiger partial charge >= 0.3 is 0 Å². The first-order valence-corrected chi connectivity index (χ1v) is 11.5. The van der Waals surface area contributed by atoms with Crippen LogP contribution in [0.15, 0.2) is 34.9 Å². The van der Waals surface area contributed by atoms with Gasteiger partial charge in [0.05, 0.1) is 34.4 Å². The number of furan rings is 1. The second-order valence-corrected chi connectivity index (χ2v) is 8.62. The number of nitrogens with zero attached hydrogens (tertiary/aromatic N) is 2. The summed E-state index contributed by atoms with van der Waals surface area (Å²) in [5.41, 5.74) is 4.82. The Morgan fingerprint density at radius 3 is 2.57 bits per heavy atom. The van der Waals surface area contributed by atoms with Crippen LogP contribution >= 0.6 is 23.2 Å². The number of aryl methyl sites for hydroxylation is 3. The number of benzene rings is 1. The van der Waals surface area contributed by atoms with E-state index >= 15 is 0 Å². The predicted molar refractivity (Wildman–Crippen MR) is 123 cm³/mol. The lowest BCUT2D eigenvalue weighted by Crippen LogP contribution is -2.27. The van der Waals surface area contributed by atoms with Crippen molar-refractivity contribution in [3.8, 4) is 11.3 Å². The fourth-order valence-electron chi connectivity index (χ4n) is 4.36. The predicted octanol–water partition coefficient (Wildman–Crippen LogP) is 7.29. The maximum absolute atomic E-state index is 6.49. The second kappa shape index (κ2) is 8.99. The van der Waals surface area contributed by atoms with Gasteiger partial charge in [-0.15, -0.1) is 0 Å². The van der Waals surface area contributed by atoms with Gasteiger partial charge in [-0.1, -0.05) is 50.4 Å². The molecule has 4 nitrogen and oxygen atoms in total. The first-order valence-electron chi connectivity index (χ1n) is 10.7. The van der Waals surface area contributed by atoms with Gasteiger partial charge in [-0.25, -0.2) is 9.97 Å². The SMILES string of the molecule is CCc1nc(-c2ccc(Cl)cc2Cl)c(CC)nc1N[C@H]1c2ccoc2CC[C@@H]1CC. The van der Waals surface area contributed by atoms with Crippen LogP contribution in [-0.2, 0) is 19.3 Å². The van der Waals surface area contributed by atoms with Crippen LogP contribution in [0.5, 0.6) is 0 Å². The molecular formula is C24H27Cl2N3O. The lowest BCUT2D eigenvalue weighted by Gasteiger charge is -2.32. The summed E-state index contributed by atoms with van der Waals surface area (Å²) in [4.78, 5) is 10.0. The van der Waals surface area contributed by atoms with E-state index in [9.17, 15) is 0 Å². The number of fused-ring (bicyclic) bond motifs is 1. The van der Waals surface area contributed by atoms with Crippen molar-refractivity contribution in [2.24, 2.45) is 5.92 Å². The molecule has 0 unspecified atom stereocenters. The molecule has 4 rings (SSSR count). The largest absolute Gasteiger partial charge is 0.469 e. The van der Waals surface area contributed by atoms with Crippen molar-refractivity contribution in [1.29, 1.82) is 0 Å². The molecule has 1 aliphatic rings. The lowest BCUT2D eigenvalue weighted by atomic mass is 9.81. The Hall–Kier alpha value is -2.04. The zero-order valence-electron chi connectivity index (χ0n) is 17.6. The number of aromatic nitrogens is 2. The normalized spacial score (nSPS) is 18.3. The van der Waals surface area contributed by atoms with Crippen molar-refractivity contribution in [1.82, 2.24) is 9.97 Å². The molecule has 2 atom stereocenters. The molecule has 1 aromatic carbocycles. The van der Waals surface area contributed by atoms with Gasteiger partial charge in [0.25, 0.3) is 0 Å². The number of hydrogen-bond donors (Lipinski definition) is 1. The van der Waals surface area contributed by atoms with E-state index in [4.69, 9.17) is 37.6 Å². The number of rotatable bonds is 6. The first kappa shape index (κ1) is 21.2. The third-order valence-electron chi connectivity index (χ3n) is 6.04. The quantitative estimate of drug-likeness (QED) is 0.434. The van der Waals surface area contributed by atoms with Crippen LogP contribution in [0.3, 0.4) is 0 Å². The molecule has 1 N–H and O–H groups in total. The van der Waals surface area contributed by atoms with Crippen LogP contribution < -0.4 is 5.32 Å². The summed E-state index contributed by atoms with van der Waals surface area (Å²) in [5, 5.41) is 4.94. The molecule has 3 aromatic rings. The number of anilines is 1. The highest BCUT2D eigenvalue weighted by Gasteiger charge is 2.31. The Morgan fingerprint density at radius 1 is 1.07 bits per heavy atom. The monoisotopic (exact) mass is 443 g/mol. The fraction of sp³-hybridized carbons (Fsp3) is 0.417. The Kier molecular flexibility index (Phi) is 6.35. The Morgan fingerprint density at radius 2 is 1.87 bits per heavy atom. The maximum atomic E-state index is 6.49. The third-order valence-corrected chi connectivity index (χ3v) is 6.59. The second-order valence-electron chi connectivity index (χ2n) is 7.77. The molecule has 0 amide bonds. The minimum Gasteiger partial charge on any atom is -0.469 e. The van der Waals surface area contributed by atoms with Crippen molar-refractivity contribution in [3.05, 3.63) is 63.3 Å². The Bertz CT molecular complexity index is 1050. The molecule has 30 heavy (non-hydrogen) atoms. The summed E-state index contributed by atoms with van der Waals surface area (Å²) >= 11 is 12.6. The molecule has 0 saturated carbocycles. The van der Waals surface area contributed by atoms with Crippen LogP contribution in [0.4, 0.5) is 5.82 Å². The van der Waals surface area contributed by atoms with Crippen molar-refractivity contribution < 1.29 is 4.42 Å². The van der Waals surface area contributed by atoms with Crippen molar-refractivity contribution in [3.63, 3.8) is 0 Å². The van der Waals surface area contributed by atoms with Crippen LogP contribution in [0, 0.1) is 5.92 Å².